The van der Waals surface area contributed by atoms with Gasteiger partial charge in [-0.1, -0.05) is 0 Å². The lowest BCUT2D eigenvalue weighted by Crippen LogP contribution is -2.31. The van der Waals surface area contributed by atoms with Crippen LogP contribution in [-0.2, 0) is 11.2 Å². The lowest BCUT2D eigenvalue weighted by Gasteiger charge is -2.23. The van der Waals surface area contributed by atoms with Gasteiger partial charge in [0.05, 0.1) is 11.4 Å². The molecular formula is C19H21N3O2. The van der Waals surface area contributed by atoms with Crippen LogP contribution in [0.4, 0.5) is 11.4 Å². The number of hydrogen-bond donors (Lipinski definition) is 0. The molecule has 1 aromatic carbocycles. The smallest absolute Gasteiger partial charge is 0.258 e. The fourth-order valence-corrected chi connectivity index (χ4v) is 3.20. The van der Waals surface area contributed by atoms with Crippen molar-refractivity contribution in [2.45, 2.75) is 27.2 Å². The van der Waals surface area contributed by atoms with Crippen LogP contribution in [0.2, 0.25) is 0 Å². The van der Waals surface area contributed by atoms with Crippen molar-refractivity contribution in [1.82, 2.24) is 4.98 Å². The minimum absolute atomic E-state index is 0.0361. The molecule has 0 saturated carbocycles. The van der Waals surface area contributed by atoms with Crippen LogP contribution < -0.4 is 9.80 Å². The summed E-state index contributed by atoms with van der Waals surface area (Å²) in [6, 6.07) is 9.34. The summed E-state index contributed by atoms with van der Waals surface area (Å²) in [5.74, 6) is -0.00771. The average Bonchev–Trinajstić information content (AvgIpc) is 3.00. The maximum Gasteiger partial charge on any atom is 0.258 e. The third-order valence-corrected chi connectivity index (χ3v) is 4.43. The van der Waals surface area contributed by atoms with E-state index >= 15 is 0 Å². The third kappa shape index (κ3) is 2.77. The number of nitrogens with zero attached hydrogens (tertiary/aromatic N) is 3. The molecule has 24 heavy (non-hydrogen) atoms. The Labute approximate surface area is 141 Å². The molecule has 2 amide bonds. The molecule has 0 spiro atoms. The molecule has 1 aromatic heterocycles. The van der Waals surface area contributed by atoms with Crippen LogP contribution in [0.15, 0.2) is 36.5 Å². The largest absolute Gasteiger partial charge is 0.312 e. The number of benzene rings is 1. The molecule has 5 nitrogen and oxygen atoms in total. The monoisotopic (exact) mass is 323 g/mol. The van der Waals surface area contributed by atoms with Crippen LogP contribution in [0.5, 0.6) is 0 Å². The van der Waals surface area contributed by atoms with Gasteiger partial charge < -0.3 is 9.80 Å². The molecule has 3 rings (SSSR count). The molecule has 1 aliphatic heterocycles. The number of fused-ring (bicyclic) bond motifs is 1. The highest BCUT2D eigenvalue weighted by Crippen LogP contribution is 2.30. The molecule has 0 aliphatic carbocycles. The summed E-state index contributed by atoms with van der Waals surface area (Å²) >= 11 is 0. The second-order valence-corrected chi connectivity index (χ2v) is 5.92. The molecule has 2 aromatic rings. The predicted octanol–water partition coefficient (Wildman–Crippen LogP) is 2.97. The Bertz CT molecular complexity index is 801. The Morgan fingerprint density at radius 1 is 1.29 bits per heavy atom. The van der Waals surface area contributed by atoms with Gasteiger partial charge in [0.15, 0.2) is 0 Å². The topological polar surface area (TPSA) is 53.5 Å². The number of carbonyl (C=O) groups is 2. The zero-order valence-corrected chi connectivity index (χ0v) is 14.2. The van der Waals surface area contributed by atoms with Gasteiger partial charge in [0.25, 0.3) is 5.91 Å². The third-order valence-electron chi connectivity index (χ3n) is 4.43. The van der Waals surface area contributed by atoms with E-state index < -0.39 is 0 Å². The number of anilines is 2. The fourth-order valence-electron chi connectivity index (χ4n) is 3.20. The number of rotatable bonds is 3. The molecular weight excluding hydrogens is 302 g/mol. The zero-order valence-electron chi connectivity index (χ0n) is 14.2. The van der Waals surface area contributed by atoms with Crippen molar-refractivity contribution in [2.24, 2.45) is 0 Å². The Kier molecular flexibility index (Phi) is 4.34. The zero-order chi connectivity index (χ0) is 17.3. The summed E-state index contributed by atoms with van der Waals surface area (Å²) in [5, 5.41) is 0. The summed E-state index contributed by atoms with van der Waals surface area (Å²) < 4.78 is 0. The summed E-state index contributed by atoms with van der Waals surface area (Å²) in [6.07, 6.45) is 2.51. The summed E-state index contributed by atoms with van der Waals surface area (Å²) in [5.41, 5.74) is 4.27. The van der Waals surface area contributed by atoms with E-state index in [0.29, 0.717) is 18.7 Å². The molecule has 5 heteroatoms. The van der Waals surface area contributed by atoms with Crippen molar-refractivity contribution in [3.8, 4) is 0 Å². The van der Waals surface area contributed by atoms with E-state index in [0.717, 1.165) is 29.1 Å². The Balaban J connectivity index is 1.93. The highest BCUT2D eigenvalue weighted by atomic mass is 16.2. The lowest BCUT2D eigenvalue weighted by atomic mass is 10.1. The molecule has 2 heterocycles. The molecule has 0 bridgehead atoms. The first-order valence-corrected chi connectivity index (χ1v) is 8.17. The predicted molar refractivity (Wildman–Crippen MR) is 94.5 cm³/mol. The molecule has 0 unspecified atom stereocenters. The average molecular weight is 323 g/mol. The highest BCUT2D eigenvalue weighted by Gasteiger charge is 2.25. The Hall–Kier alpha value is -2.69. The van der Waals surface area contributed by atoms with Gasteiger partial charge in [-0.3, -0.25) is 14.6 Å². The highest BCUT2D eigenvalue weighted by molar-refractivity contribution is 6.07. The SMILES string of the molecule is CCN(C(=O)c1ccc2c(c1)CCN2C(C)=O)c1cccnc1C. The summed E-state index contributed by atoms with van der Waals surface area (Å²) in [7, 11) is 0. The van der Waals surface area contributed by atoms with Crippen molar-refractivity contribution < 1.29 is 9.59 Å². The molecule has 0 radical (unpaired) electrons. The van der Waals surface area contributed by atoms with Crippen molar-refractivity contribution in [1.29, 1.82) is 0 Å². The van der Waals surface area contributed by atoms with Crippen LogP contribution in [0, 0.1) is 6.92 Å². The molecule has 0 saturated heterocycles. The molecule has 1 aliphatic rings. The first kappa shape index (κ1) is 16.2. The normalized spacial score (nSPS) is 12.9. The van der Waals surface area contributed by atoms with Crippen LogP contribution in [0.1, 0.15) is 35.5 Å². The minimum Gasteiger partial charge on any atom is -0.312 e. The van der Waals surface area contributed by atoms with Gasteiger partial charge in [-0.05, 0) is 56.2 Å². The van der Waals surface area contributed by atoms with Crippen molar-refractivity contribution in [3.63, 3.8) is 0 Å². The van der Waals surface area contributed by atoms with Gasteiger partial charge >= 0.3 is 0 Å². The first-order chi connectivity index (χ1) is 11.5. The minimum atomic E-state index is -0.0438. The van der Waals surface area contributed by atoms with E-state index in [4.69, 9.17) is 0 Å². The maximum absolute atomic E-state index is 13.0. The van der Waals surface area contributed by atoms with E-state index in [1.165, 1.54) is 0 Å². The van der Waals surface area contributed by atoms with E-state index in [2.05, 4.69) is 4.98 Å². The lowest BCUT2D eigenvalue weighted by molar-refractivity contribution is -0.116. The van der Waals surface area contributed by atoms with Gasteiger partial charge in [-0.15, -0.1) is 0 Å². The van der Waals surface area contributed by atoms with Gasteiger partial charge in [0, 0.05) is 37.5 Å². The van der Waals surface area contributed by atoms with E-state index in [9.17, 15) is 9.59 Å². The van der Waals surface area contributed by atoms with Gasteiger partial charge in [-0.25, -0.2) is 0 Å². The van der Waals surface area contributed by atoms with E-state index in [-0.39, 0.29) is 11.8 Å². The van der Waals surface area contributed by atoms with Crippen molar-refractivity contribution >= 4 is 23.2 Å². The summed E-state index contributed by atoms with van der Waals surface area (Å²) in [6.45, 7) is 6.68. The number of aromatic nitrogens is 1. The second kappa shape index (κ2) is 6.43. The van der Waals surface area contributed by atoms with Gasteiger partial charge in [0.1, 0.15) is 0 Å². The number of hydrogen-bond acceptors (Lipinski definition) is 3. The maximum atomic E-state index is 13.0. The molecule has 0 atom stereocenters. The fraction of sp³-hybridized carbons (Fsp3) is 0.316. The quantitative estimate of drug-likeness (QED) is 0.872. The van der Waals surface area contributed by atoms with Crippen LogP contribution >= 0.6 is 0 Å². The number of carbonyl (C=O) groups excluding carboxylic acids is 2. The number of pyridine rings is 1. The molecule has 124 valence electrons. The van der Waals surface area contributed by atoms with E-state index in [1.54, 1.807) is 29.0 Å². The first-order valence-electron chi connectivity index (χ1n) is 8.17. The molecule has 0 N–H and O–H groups in total. The second-order valence-electron chi connectivity index (χ2n) is 5.92. The van der Waals surface area contributed by atoms with Gasteiger partial charge in [0.2, 0.25) is 5.91 Å². The summed E-state index contributed by atoms with van der Waals surface area (Å²) in [4.78, 5) is 32.4. The van der Waals surface area contributed by atoms with Crippen LogP contribution in [0.25, 0.3) is 0 Å². The molecule has 0 fully saturated rings. The van der Waals surface area contributed by atoms with Crippen LogP contribution in [0.3, 0.4) is 0 Å². The van der Waals surface area contributed by atoms with Crippen LogP contribution in [-0.4, -0.2) is 29.9 Å². The van der Waals surface area contributed by atoms with E-state index in [1.807, 2.05) is 38.1 Å². The number of amides is 2. The number of aryl methyl sites for hydroxylation is 1. The Morgan fingerprint density at radius 3 is 2.75 bits per heavy atom. The van der Waals surface area contributed by atoms with Crippen molar-refractivity contribution in [2.75, 3.05) is 22.9 Å². The van der Waals surface area contributed by atoms with Crippen molar-refractivity contribution in [3.05, 3.63) is 53.3 Å². The van der Waals surface area contributed by atoms with Gasteiger partial charge in [-0.2, -0.15) is 0 Å². The Morgan fingerprint density at radius 2 is 2.08 bits per heavy atom. The standard InChI is InChI=1S/C19H21N3O2/c1-4-21(17-6-5-10-20-13(17)2)19(24)16-7-8-18-15(12-16)9-11-22(18)14(3)23/h5-8,10,12H,4,9,11H2,1-3H3.